The molecule has 0 spiro atoms. The van der Waals surface area contributed by atoms with Gasteiger partial charge in [0.2, 0.25) is 0 Å². The van der Waals surface area contributed by atoms with Crippen LogP contribution in [0.3, 0.4) is 0 Å². The average Bonchev–Trinajstić information content (AvgIpc) is 3.11. The predicted molar refractivity (Wildman–Crippen MR) is 73.4 cm³/mol. The van der Waals surface area contributed by atoms with Crippen LogP contribution in [-0.2, 0) is 9.84 Å². The number of hydrogen-bond donors (Lipinski definition) is 1. The highest BCUT2D eigenvalue weighted by Crippen LogP contribution is 2.36. The van der Waals surface area contributed by atoms with Gasteiger partial charge in [-0.05, 0) is 49.1 Å². The van der Waals surface area contributed by atoms with Crippen LogP contribution in [0.1, 0.15) is 18.9 Å². The first kappa shape index (κ1) is 14.0. The maximum absolute atomic E-state index is 12.0. The van der Waals surface area contributed by atoms with E-state index in [1.165, 1.54) is 30.7 Å². The first-order chi connectivity index (χ1) is 9.03. The van der Waals surface area contributed by atoms with E-state index in [1.54, 1.807) is 0 Å². The topological polar surface area (TPSA) is 70.0 Å². The van der Waals surface area contributed by atoms with Crippen LogP contribution in [0.15, 0.2) is 29.2 Å². The molecule has 1 aliphatic rings. The second kappa shape index (κ2) is 5.72. The van der Waals surface area contributed by atoms with Crippen molar-refractivity contribution in [1.29, 1.82) is 5.26 Å². The zero-order valence-corrected chi connectivity index (χ0v) is 11.8. The normalized spacial score (nSPS) is 21.9. The monoisotopic (exact) mass is 278 g/mol. The molecular weight excluding hydrogens is 260 g/mol. The summed E-state index contributed by atoms with van der Waals surface area (Å²) < 4.78 is 24.1. The molecule has 2 unspecified atom stereocenters. The van der Waals surface area contributed by atoms with Gasteiger partial charge in [-0.3, -0.25) is 0 Å². The molecule has 1 aromatic rings. The molecule has 5 heteroatoms. The highest BCUT2D eigenvalue weighted by atomic mass is 32.2. The summed E-state index contributed by atoms with van der Waals surface area (Å²) >= 11 is 0. The van der Waals surface area contributed by atoms with Crippen LogP contribution in [0, 0.1) is 23.2 Å². The van der Waals surface area contributed by atoms with Gasteiger partial charge in [-0.15, -0.1) is 0 Å². The van der Waals surface area contributed by atoms with Gasteiger partial charge in [-0.2, -0.15) is 5.26 Å². The molecule has 1 aromatic carbocycles. The van der Waals surface area contributed by atoms with E-state index < -0.39 is 9.84 Å². The minimum Gasteiger partial charge on any atom is -0.315 e. The van der Waals surface area contributed by atoms with Crippen molar-refractivity contribution in [3.63, 3.8) is 0 Å². The quantitative estimate of drug-likeness (QED) is 0.802. The third-order valence-corrected chi connectivity index (χ3v) is 5.30. The summed E-state index contributed by atoms with van der Waals surface area (Å²) in [6.45, 7) is 3.59. The van der Waals surface area contributed by atoms with Crippen LogP contribution in [0.2, 0.25) is 0 Å². The van der Waals surface area contributed by atoms with Crippen molar-refractivity contribution in [3.05, 3.63) is 29.8 Å². The average molecular weight is 278 g/mol. The van der Waals surface area contributed by atoms with Gasteiger partial charge in [0.15, 0.2) is 9.84 Å². The Morgan fingerprint density at radius 3 is 2.53 bits per heavy atom. The van der Waals surface area contributed by atoms with Gasteiger partial charge >= 0.3 is 0 Å². The van der Waals surface area contributed by atoms with E-state index in [0.29, 0.717) is 12.1 Å². The zero-order chi connectivity index (χ0) is 13.9. The minimum atomic E-state index is -3.25. The minimum absolute atomic E-state index is 0.0972. The molecule has 1 saturated carbocycles. The second-order valence-electron chi connectivity index (χ2n) is 5.13. The molecule has 0 amide bonds. The van der Waals surface area contributed by atoms with Crippen LogP contribution < -0.4 is 5.32 Å². The largest absolute Gasteiger partial charge is 0.315 e. The molecule has 0 aromatic heterocycles. The van der Waals surface area contributed by atoms with Gasteiger partial charge in [-0.25, -0.2) is 8.42 Å². The highest BCUT2D eigenvalue weighted by Gasteiger charge is 2.31. The van der Waals surface area contributed by atoms with E-state index in [-0.39, 0.29) is 10.6 Å². The van der Waals surface area contributed by atoms with Crippen LogP contribution in [-0.4, -0.2) is 27.3 Å². The Balaban J connectivity index is 1.84. The molecule has 102 valence electrons. The van der Waals surface area contributed by atoms with Gasteiger partial charge in [-0.1, -0.05) is 6.92 Å². The summed E-state index contributed by atoms with van der Waals surface area (Å²) in [5.41, 5.74) is 0.472. The molecule has 1 aliphatic carbocycles. The summed E-state index contributed by atoms with van der Waals surface area (Å²) in [5, 5.41) is 11.9. The Kier molecular flexibility index (Phi) is 4.23. The molecule has 0 radical (unpaired) electrons. The fraction of sp³-hybridized carbons (Fsp3) is 0.500. The molecule has 2 rings (SSSR count). The van der Waals surface area contributed by atoms with E-state index in [9.17, 15) is 8.42 Å². The van der Waals surface area contributed by atoms with Crippen LogP contribution in [0.5, 0.6) is 0 Å². The Bertz CT molecular complexity index is 572. The Hall–Kier alpha value is -1.38. The Labute approximate surface area is 114 Å². The Morgan fingerprint density at radius 2 is 2.00 bits per heavy atom. The highest BCUT2D eigenvalue weighted by molar-refractivity contribution is 7.91. The standard InChI is InChI=1S/C14H18N2O2S/c1-11-8-13(11)10-16-6-7-19(17,18)14-4-2-12(9-15)3-5-14/h2-5,11,13,16H,6-8,10H2,1H3. The maximum atomic E-state index is 12.0. The van der Waals surface area contributed by atoms with E-state index in [4.69, 9.17) is 5.26 Å². The fourth-order valence-corrected chi connectivity index (χ4v) is 3.23. The second-order valence-corrected chi connectivity index (χ2v) is 7.24. The van der Waals surface area contributed by atoms with Crippen molar-refractivity contribution in [2.75, 3.05) is 18.8 Å². The molecule has 19 heavy (non-hydrogen) atoms. The molecular formula is C14H18N2O2S. The van der Waals surface area contributed by atoms with Crippen molar-refractivity contribution < 1.29 is 8.42 Å². The molecule has 0 saturated heterocycles. The molecule has 4 nitrogen and oxygen atoms in total. The van der Waals surface area contributed by atoms with Crippen molar-refractivity contribution in [1.82, 2.24) is 5.32 Å². The number of nitrogens with zero attached hydrogens (tertiary/aromatic N) is 1. The number of nitrogens with one attached hydrogen (secondary N) is 1. The predicted octanol–water partition coefficient (Wildman–Crippen LogP) is 1.58. The van der Waals surface area contributed by atoms with Gasteiger partial charge in [0.1, 0.15) is 0 Å². The van der Waals surface area contributed by atoms with Crippen molar-refractivity contribution in [2.24, 2.45) is 11.8 Å². The first-order valence-corrected chi connectivity index (χ1v) is 8.12. The number of hydrogen-bond acceptors (Lipinski definition) is 4. The first-order valence-electron chi connectivity index (χ1n) is 6.46. The lowest BCUT2D eigenvalue weighted by molar-refractivity contribution is 0.585. The van der Waals surface area contributed by atoms with Crippen LogP contribution in [0.4, 0.5) is 0 Å². The summed E-state index contributed by atoms with van der Waals surface area (Å²) in [6, 6.07) is 8.04. The smallest absolute Gasteiger partial charge is 0.179 e. The van der Waals surface area contributed by atoms with Crippen LogP contribution >= 0.6 is 0 Å². The third kappa shape index (κ3) is 3.79. The van der Waals surface area contributed by atoms with Crippen molar-refractivity contribution >= 4 is 9.84 Å². The number of sulfone groups is 1. The fourth-order valence-electron chi connectivity index (χ4n) is 2.03. The van der Waals surface area contributed by atoms with Crippen molar-refractivity contribution in [2.45, 2.75) is 18.2 Å². The maximum Gasteiger partial charge on any atom is 0.179 e. The van der Waals surface area contributed by atoms with Crippen molar-refractivity contribution in [3.8, 4) is 6.07 Å². The molecule has 1 N–H and O–H groups in total. The molecule has 0 bridgehead atoms. The van der Waals surface area contributed by atoms with E-state index in [1.807, 2.05) is 6.07 Å². The van der Waals surface area contributed by atoms with Gasteiger partial charge < -0.3 is 5.32 Å². The molecule has 0 aliphatic heterocycles. The van der Waals surface area contributed by atoms with Gasteiger partial charge in [0, 0.05) is 6.54 Å². The number of benzene rings is 1. The lowest BCUT2D eigenvalue weighted by atomic mass is 10.2. The summed E-state index contributed by atoms with van der Waals surface area (Å²) in [4.78, 5) is 0.285. The summed E-state index contributed by atoms with van der Waals surface area (Å²) in [6.07, 6.45) is 1.25. The van der Waals surface area contributed by atoms with E-state index >= 15 is 0 Å². The molecule has 0 heterocycles. The van der Waals surface area contributed by atoms with Gasteiger partial charge in [0.25, 0.3) is 0 Å². The third-order valence-electron chi connectivity index (χ3n) is 3.57. The molecule has 2 atom stereocenters. The molecule has 1 fully saturated rings. The van der Waals surface area contributed by atoms with E-state index in [0.717, 1.165) is 18.4 Å². The zero-order valence-electron chi connectivity index (χ0n) is 11.0. The summed E-state index contributed by atoms with van der Waals surface area (Å²) in [7, 11) is -3.25. The summed E-state index contributed by atoms with van der Waals surface area (Å²) in [5.74, 6) is 1.60. The lowest BCUT2D eigenvalue weighted by Crippen LogP contribution is -2.25. The number of nitriles is 1. The Morgan fingerprint density at radius 1 is 1.37 bits per heavy atom. The lowest BCUT2D eigenvalue weighted by Gasteiger charge is -2.06. The van der Waals surface area contributed by atoms with Crippen LogP contribution in [0.25, 0.3) is 0 Å². The number of rotatable bonds is 6. The SMILES string of the molecule is CC1CC1CNCCS(=O)(=O)c1ccc(C#N)cc1. The van der Waals surface area contributed by atoms with Gasteiger partial charge in [0.05, 0.1) is 22.3 Å². The van der Waals surface area contributed by atoms with E-state index in [2.05, 4.69) is 12.2 Å².